The third-order valence-corrected chi connectivity index (χ3v) is 6.88. The van der Waals surface area contributed by atoms with Gasteiger partial charge in [0.05, 0.1) is 5.56 Å². The molecule has 5 heteroatoms. The molecule has 2 aliphatic carbocycles. The minimum atomic E-state index is -0.893. The second-order valence-corrected chi connectivity index (χ2v) is 8.73. The van der Waals surface area contributed by atoms with Crippen molar-refractivity contribution in [1.29, 1.82) is 0 Å². The Morgan fingerprint density at radius 1 is 1.13 bits per heavy atom. The molecule has 0 bridgehead atoms. The van der Waals surface area contributed by atoms with Crippen molar-refractivity contribution in [2.24, 2.45) is 5.92 Å². The van der Waals surface area contributed by atoms with E-state index in [-0.39, 0.29) is 11.8 Å². The van der Waals surface area contributed by atoms with Gasteiger partial charge in [-0.1, -0.05) is 18.9 Å². The van der Waals surface area contributed by atoms with Crippen molar-refractivity contribution in [2.45, 2.75) is 63.7 Å². The van der Waals surface area contributed by atoms with Crippen LogP contribution in [0.25, 0.3) is 0 Å². The smallest absolute Gasteiger partial charge is 0.336 e. The molecule has 5 nitrogen and oxygen atoms in total. The Kier molecular flexibility index (Phi) is 6.16. The standard InChI is InChI=1S/C25H30N2O3/c1-27(24(28)18-5-2-3-6-18)21-11-12-22-17(7-4-8-19(22)15-21)9-10-20-16-26-14-13-23(20)25(29)30/h11-18H,2-10H2,1H3,(H,29,30)/t17-/m0/s1. The van der Waals surface area contributed by atoms with Crippen LogP contribution in [0.5, 0.6) is 0 Å². The van der Waals surface area contributed by atoms with E-state index in [0.717, 1.165) is 62.6 Å². The first-order chi connectivity index (χ1) is 14.5. The number of aryl methyl sites for hydroxylation is 2. The Hall–Kier alpha value is -2.69. The minimum absolute atomic E-state index is 0.182. The molecule has 0 spiro atoms. The summed E-state index contributed by atoms with van der Waals surface area (Å²) in [5.74, 6) is -0.0455. The second-order valence-electron chi connectivity index (χ2n) is 8.73. The molecule has 30 heavy (non-hydrogen) atoms. The van der Waals surface area contributed by atoms with E-state index >= 15 is 0 Å². The van der Waals surface area contributed by atoms with Gasteiger partial charge in [0, 0.05) is 31.0 Å². The number of carbonyl (C=O) groups is 2. The fraction of sp³-hybridized carbons (Fsp3) is 0.480. The number of carboxylic acids is 1. The maximum absolute atomic E-state index is 12.8. The SMILES string of the molecule is CN(C(=O)C1CCCC1)c1ccc2c(c1)CCC[C@H]2CCc1cnccc1C(=O)O. The van der Waals surface area contributed by atoms with Gasteiger partial charge >= 0.3 is 5.97 Å². The molecular weight excluding hydrogens is 376 g/mol. The van der Waals surface area contributed by atoms with Crippen LogP contribution in [-0.2, 0) is 17.6 Å². The zero-order valence-corrected chi connectivity index (χ0v) is 17.6. The highest BCUT2D eigenvalue weighted by atomic mass is 16.4. The first kappa shape index (κ1) is 20.6. The highest BCUT2D eigenvalue weighted by Gasteiger charge is 2.27. The summed E-state index contributed by atoms with van der Waals surface area (Å²) in [5, 5.41) is 9.41. The zero-order valence-electron chi connectivity index (χ0n) is 17.6. The molecular formula is C25H30N2O3. The predicted molar refractivity (Wildman–Crippen MR) is 117 cm³/mol. The lowest BCUT2D eigenvalue weighted by Crippen LogP contribution is -2.31. The Labute approximate surface area is 178 Å². The van der Waals surface area contributed by atoms with E-state index in [2.05, 4.69) is 23.2 Å². The van der Waals surface area contributed by atoms with Gasteiger partial charge < -0.3 is 10.0 Å². The highest BCUT2D eigenvalue weighted by molar-refractivity contribution is 5.94. The highest BCUT2D eigenvalue weighted by Crippen LogP contribution is 2.37. The molecule has 2 aromatic rings. The molecule has 1 aromatic carbocycles. The lowest BCUT2D eigenvalue weighted by atomic mass is 9.79. The number of fused-ring (bicyclic) bond motifs is 1. The zero-order chi connectivity index (χ0) is 21.1. The number of amides is 1. The van der Waals surface area contributed by atoms with Crippen LogP contribution in [0.1, 0.15) is 77.9 Å². The van der Waals surface area contributed by atoms with Gasteiger partial charge in [-0.2, -0.15) is 0 Å². The molecule has 1 saturated carbocycles. The number of hydrogen-bond acceptors (Lipinski definition) is 3. The van der Waals surface area contributed by atoms with Gasteiger partial charge in [0.15, 0.2) is 0 Å². The van der Waals surface area contributed by atoms with Crippen LogP contribution >= 0.6 is 0 Å². The van der Waals surface area contributed by atoms with Gasteiger partial charge in [-0.05, 0) is 85.8 Å². The van der Waals surface area contributed by atoms with E-state index in [0.29, 0.717) is 17.9 Å². The third-order valence-electron chi connectivity index (χ3n) is 6.88. The number of carbonyl (C=O) groups excluding carboxylic acids is 1. The monoisotopic (exact) mass is 406 g/mol. The van der Waals surface area contributed by atoms with Crippen LogP contribution < -0.4 is 4.90 Å². The van der Waals surface area contributed by atoms with E-state index < -0.39 is 5.97 Å². The topological polar surface area (TPSA) is 70.5 Å². The average molecular weight is 407 g/mol. The van der Waals surface area contributed by atoms with Crippen molar-refractivity contribution in [3.05, 3.63) is 58.9 Å². The molecule has 1 atom stereocenters. The molecule has 1 heterocycles. The number of hydrogen-bond donors (Lipinski definition) is 1. The van der Waals surface area contributed by atoms with E-state index in [1.54, 1.807) is 12.3 Å². The van der Waals surface area contributed by atoms with Crippen LogP contribution in [0.2, 0.25) is 0 Å². The summed E-state index contributed by atoms with van der Waals surface area (Å²) in [6.45, 7) is 0. The van der Waals surface area contributed by atoms with Crippen molar-refractivity contribution >= 4 is 17.6 Å². The van der Waals surface area contributed by atoms with Gasteiger partial charge in [-0.15, -0.1) is 0 Å². The summed E-state index contributed by atoms with van der Waals surface area (Å²) in [4.78, 5) is 30.2. The summed E-state index contributed by atoms with van der Waals surface area (Å²) in [5.41, 5.74) is 4.83. The molecule has 1 fully saturated rings. The fourth-order valence-corrected chi connectivity index (χ4v) is 5.15. The summed E-state index contributed by atoms with van der Waals surface area (Å²) in [7, 11) is 1.90. The molecule has 0 saturated heterocycles. The van der Waals surface area contributed by atoms with Gasteiger partial charge in [0.2, 0.25) is 5.91 Å². The number of carboxylic acid groups (broad SMARTS) is 1. The number of rotatable bonds is 6. The summed E-state index contributed by atoms with van der Waals surface area (Å²) in [6, 6.07) is 8.04. The second kappa shape index (κ2) is 8.99. The van der Waals surface area contributed by atoms with Crippen LogP contribution in [0, 0.1) is 5.92 Å². The van der Waals surface area contributed by atoms with Gasteiger partial charge in [0.1, 0.15) is 0 Å². The van der Waals surface area contributed by atoms with Crippen LogP contribution in [0.15, 0.2) is 36.7 Å². The normalized spacial score (nSPS) is 18.8. The minimum Gasteiger partial charge on any atom is -0.478 e. The molecule has 1 amide bonds. The van der Waals surface area contributed by atoms with E-state index in [1.165, 1.54) is 17.3 Å². The largest absolute Gasteiger partial charge is 0.478 e. The predicted octanol–water partition coefficient (Wildman–Crippen LogP) is 4.99. The van der Waals surface area contributed by atoms with E-state index in [9.17, 15) is 14.7 Å². The van der Waals surface area contributed by atoms with Crippen LogP contribution in [-0.4, -0.2) is 29.0 Å². The molecule has 0 aliphatic heterocycles. The number of anilines is 1. The number of aromatic carboxylic acids is 1. The van der Waals surface area contributed by atoms with E-state index in [1.807, 2.05) is 11.9 Å². The van der Waals surface area contributed by atoms with E-state index in [4.69, 9.17) is 0 Å². The number of aromatic nitrogens is 1. The van der Waals surface area contributed by atoms with Crippen molar-refractivity contribution in [3.63, 3.8) is 0 Å². The van der Waals surface area contributed by atoms with Gasteiger partial charge in [-0.3, -0.25) is 9.78 Å². The Bertz CT molecular complexity index is 934. The first-order valence-corrected chi connectivity index (χ1v) is 11.1. The number of pyridine rings is 1. The molecule has 4 rings (SSSR count). The molecule has 158 valence electrons. The van der Waals surface area contributed by atoms with Crippen molar-refractivity contribution in [1.82, 2.24) is 4.98 Å². The molecule has 0 unspecified atom stereocenters. The lowest BCUT2D eigenvalue weighted by Gasteiger charge is -2.28. The summed E-state index contributed by atoms with van der Waals surface area (Å²) >= 11 is 0. The van der Waals surface area contributed by atoms with Crippen molar-refractivity contribution < 1.29 is 14.7 Å². The molecule has 0 radical (unpaired) electrons. The van der Waals surface area contributed by atoms with Crippen molar-refractivity contribution in [3.8, 4) is 0 Å². The number of nitrogens with zero attached hydrogens (tertiary/aromatic N) is 2. The quantitative estimate of drug-likeness (QED) is 0.734. The maximum atomic E-state index is 12.8. The average Bonchev–Trinajstić information content (AvgIpc) is 3.31. The Morgan fingerprint density at radius 2 is 1.93 bits per heavy atom. The fourth-order valence-electron chi connectivity index (χ4n) is 5.15. The number of benzene rings is 1. The van der Waals surface area contributed by atoms with Gasteiger partial charge in [-0.25, -0.2) is 4.79 Å². The Morgan fingerprint density at radius 3 is 2.70 bits per heavy atom. The lowest BCUT2D eigenvalue weighted by molar-refractivity contribution is -0.121. The van der Waals surface area contributed by atoms with Gasteiger partial charge in [0.25, 0.3) is 0 Å². The third kappa shape index (κ3) is 4.25. The summed E-state index contributed by atoms with van der Waals surface area (Å²) < 4.78 is 0. The molecule has 2 aliphatic rings. The molecule has 1 aromatic heterocycles. The van der Waals surface area contributed by atoms with Crippen LogP contribution in [0.3, 0.4) is 0 Å². The summed E-state index contributed by atoms with van der Waals surface area (Å²) in [6.07, 6.45) is 12.5. The Balaban J connectivity index is 1.48. The van der Waals surface area contributed by atoms with Crippen LogP contribution in [0.4, 0.5) is 5.69 Å². The first-order valence-electron chi connectivity index (χ1n) is 11.1. The van der Waals surface area contributed by atoms with Crippen molar-refractivity contribution in [2.75, 3.05) is 11.9 Å². The maximum Gasteiger partial charge on any atom is 0.336 e. The molecule has 1 N–H and O–H groups in total.